The number of hydrogen-bond donors (Lipinski definition) is 2. The summed E-state index contributed by atoms with van der Waals surface area (Å²) in [6, 6.07) is 4.88. The zero-order chi connectivity index (χ0) is 21.3. The lowest BCUT2D eigenvalue weighted by atomic mass is 9.98. The largest absolute Gasteiger partial charge is 0.494 e. The summed E-state index contributed by atoms with van der Waals surface area (Å²) in [6.07, 6.45) is 0.483. The van der Waals surface area contributed by atoms with Crippen LogP contribution in [0.25, 0.3) is 0 Å². The van der Waals surface area contributed by atoms with Crippen LogP contribution in [0.15, 0.2) is 28.1 Å². The van der Waals surface area contributed by atoms with Crippen LogP contribution in [0, 0.1) is 4.77 Å². The van der Waals surface area contributed by atoms with Gasteiger partial charge in [0.1, 0.15) is 5.56 Å². The second-order valence-corrected chi connectivity index (χ2v) is 6.88. The number of benzene rings is 1. The molecule has 0 unspecified atom stereocenters. The third kappa shape index (κ3) is 3.63. The maximum atomic E-state index is 12.5. The van der Waals surface area contributed by atoms with E-state index in [0.29, 0.717) is 17.2 Å². The van der Waals surface area contributed by atoms with Crippen LogP contribution in [0.4, 0.5) is 0 Å². The Bertz CT molecular complexity index is 1100. The van der Waals surface area contributed by atoms with Gasteiger partial charge in [-0.15, -0.1) is 0 Å². The van der Waals surface area contributed by atoms with Gasteiger partial charge in [0.2, 0.25) is 11.8 Å². The average Bonchev–Trinajstić information content (AvgIpc) is 3.15. The third-order valence-corrected chi connectivity index (χ3v) is 5.22. The quantitative estimate of drug-likeness (QED) is 0.721. The first-order valence-corrected chi connectivity index (χ1v) is 9.37. The first-order valence-electron chi connectivity index (χ1n) is 8.96. The Morgan fingerprint density at radius 2 is 2.03 bits per heavy atom. The molecule has 2 N–H and O–H groups in total. The van der Waals surface area contributed by atoms with E-state index >= 15 is 0 Å². The lowest BCUT2D eigenvalue weighted by Crippen LogP contribution is -2.26. The summed E-state index contributed by atoms with van der Waals surface area (Å²) in [6.45, 7) is 1.73. The molecule has 154 valence electrons. The molecule has 1 aliphatic heterocycles. The van der Waals surface area contributed by atoms with Crippen molar-refractivity contribution in [2.24, 2.45) is 12.1 Å². The van der Waals surface area contributed by atoms with Crippen molar-refractivity contribution in [2.75, 3.05) is 14.2 Å². The highest BCUT2D eigenvalue weighted by Gasteiger charge is 2.35. The van der Waals surface area contributed by atoms with E-state index in [1.54, 1.807) is 26.2 Å². The molecular weight excluding hydrogens is 396 g/mol. The Morgan fingerprint density at radius 3 is 2.66 bits per heavy atom. The van der Waals surface area contributed by atoms with Crippen molar-refractivity contribution >= 4 is 23.8 Å². The Balaban J connectivity index is 2.09. The second kappa shape index (κ2) is 8.08. The fourth-order valence-electron chi connectivity index (χ4n) is 3.24. The average molecular weight is 418 g/mol. The molecule has 0 saturated carbocycles. The van der Waals surface area contributed by atoms with E-state index < -0.39 is 11.6 Å². The van der Waals surface area contributed by atoms with E-state index in [2.05, 4.69) is 10.1 Å². The zero-order valence-corrected chi connectivity index (χ0v) is 17.4. The van der Waals surface area contributed by atoms with Crippen molar-refractivity contribution in [3.8, 4) is 17.4 Å². The van der Waals surface area contributed by atoms with Gasteiger partial charge in [-0.1, -0.05) is 13.0 Å². The van der Waals surface area contributed by atoms with Crippen LogP contribution in [0.1, 0.15) is 36.9 Å². The monoisotopic (exact) mass is 418 g/mol. The number of ether oxygens (including phenoxy) is 2. The zero-order valence-electron chi connectivity index (χ0n) is 16.6. The van der Waals surface area contributed by atoms with Crippen molar-refractivity contribution in [3.05, 3.63) is 44.5 Å². The molecule has 0 spiro atoms. The predicted molar refractivity (Wildman–Crippen MR) is 109 cm³/mol. The smallest absolute Gasteiger partial charge is 0.264 e. The topological polar surface area (TPSA) is 109 Å². The summed E-state index contributed by atoms with van der Waals surface area (Å²) in [5.41, 5.74) is 0.513. The second-order valence-electron chi connectivity index (χ2n) is 6.49. The van der Waals surface area contributed by atoms with Crippen LogP contribution in [-0.4, -0.2) is 45.5 Å². The number of carbonyl (C=O) groups excluding carboxylic acids is 1. The summed E-state index contributed by atoms with van der Waals surface area (Å²) in [5, 5.41) is 16.2. The standard InChI is InChI=1S/C19H22N4O5S/c1-5-15(24)23-12(10-6-7-13(27-3)14(8-10)28-4)9-11(21-23)16-17(25)20-19(29)22(2)18(16)26/h6-8,12,26H,5,9H2,1-4H3,(H,20,25,29)/t12-/m1/s1. The summed E-state index contributed by atoms with van der Waals surface area (Å²) in [7, 11) is 4.60. The van der Waals surface area contributed by atoms with E-state index in [4.69, 9.17) is 21.7 Å². The van der Waals surface area contributed by atoms with Gasteiger partial charge in [-0.3, -0.25) is 19.1 Å². The number of hydrazone groups is 1. The molecule has 1 aliphatic rings. The molecule has 1 aromatic carbocycles. The van der Waals surface area contributed by atoms with Gasteiger partial charge >= 0.3 is 0 Å². The molecule has 2 heterocycles. The normalized spacial score (nSPS) is 15.9. The van der Waals surface area contributed by atoms with Crippen LogP contribution in [0.3, 0.4) is 0 Å². The number of nitrogens with one attached hydrogen (secondary N) is 1. The minimum absolute atomic E-state index is 0.00187. The number of aromatic hydroxyl groups is 1. The van der Waals surface area contributed by atoms with E-state index in [1.807, 2.05) is 6.07 Å². The minimum Gasteiger partial charge on any atom is -0.494 e. The van der Waals surface area contributed by atoms with Crippen molar-refractivity contribution < 1.29 is 19.4 Å². The van der Waals surface area contributed by atoms with Gasteiger partial charge in [-0.05, 0) is 29.9 Å². The molecule has 1 aromatic heterocycles. The van der Waals surface area contributed by atoms with E-state index in [-0.39, 0.29) is 35.0 Å². The fourth-order valence-corrected chi connectivity index (χ4v) is 3.42. The number of methoxy groups -OCH3 is 2. The Kier molecular flexibility index (Phi) is 5.73. The Morgan fingerprint density at radius 1 is 1.34 bits per heavy atom. The van der Waals surface area contributed by atoms with E-state index in [1.165, 1.54) is 23.7 Å². The number of hydrogen-bond acceptors (Lipinski definition) is 7. The lowest BCUT2D eigenvalue weighted by Gasteiger charge is -2.22. The third-order valence-electron chi connectivity index (χ3n) is 4.84. The van der Waals surface area contributed by atoms with Gasteiger partial charge in [-0.25, -0.2) is 5.01 Å². The first kappa shape index (κ1) is 20.6. The highest BCUT2D eigenvalue weighted by molar-refractivity contribution is 7.71. The number of amides is 1. The Labute approximate surface area is 172 Å². The van der Waals surface area contributed by atoms with Gasteiger partial charge < -0.3 is 14.6 Å². The van der Waals surface area contributed by atoms with Crippen molar-refractivity contribution in [3.63, 3.8) is 0 Å². The Hall–Kier alpha value is -3.14. The highest BCUT2D eigenvalue weighted by atomic mass is 32.1. The molecule has 0 fully saturated rings. The van der Waals surface area contributed by atoms with Gasteiger partial charge in [0.25, 0.3) is 5.56 Å². The highest BCUT2D eigenvalue weighted by Crippen LogP contribution is 2.38. The summed E-state index contributed by atoms with van der Waals surface area (Å²) in [4.78, 5) is 27.5. The van der Waals surface area contributed by atoms with E-state index in [0.717, 1.165) is 5.56 Å². The number of aromatic amines is 1. The van der Waals surface area contributed by atoms with Gasteiger partial charge in [0, 0.05) is 19.9 Å². The number of aromatic nitrogens is 2. The molecule has 10 heteroatoms. The lowest BCUT2D eigenvalue weighted by molar-refractivity contribution is -0.132. The number of rotatable bonds is 5. The SMILES string of the molecule is CCC(=O)N1N=C(c2c(O)n(C)c(=S)[nH]c2=O)C[C@@H]1c1ccc(OC)c(OC)c1. The summed E-state index contributed by atoms with van der Waals surface area (Å²) in [5.74, 6) is 0.574. The van der Waals surface area contributed by atoms with Crippen LogP contribution in [0.5, 0.6) is 17.4 Å². The maximum Gasteiger partial charge on any atom is 0.264 e. The maximum absolute atomic E-state index is 12.5. The molecule has 0 aliphatic carbocycles. The van der Waals surface area contributed by atoms with Crippen LogP contribution in [-0.2, 0) is 11.8 Å². The van der Waals surface area contributed by atoms with Crippen LogP contribution < -0.4 is 15.0 Å². The van der Waals surface area contributed by atoms with Crippen LogP contribution >= 0.6 is 12.2 Å². The van der Waals surface area contributed by atoms with Crippen molar-refractivity contribution in [1.29, 1.82) is 0 Å². The molecule has 0 saturated heterocycles. The first-order chi connectivity index (χ1) is 13.8. The molecule has 0 bridgehead atoms. The minimum atomic E-state index is -0.554. The number of H-pyrrole nitrogens is 1. The molecular formula is C19H22N4O5S. The molecule has 3 rings (SSSR count). The van der Waals surface area contributed by atoms with Gasteiger partial charge in [-0.2, -0.15) is 5.10 Å². The van der Waals surface area contributed by atoms with Crippen molar-refractivity contribution in [1.82, 2.24) is 14.6 Å². The summed E-state index contributed by atoms with van der Waals surface area (Å²) >= 11 is 5.01. The van der Waals surface area contributed by atoms with Gasteiger partial charge in [0.05, 0.1) is 26.0 Å². The summed E-state index contributed by atoms with van der Waals surface area (Å²) < 4.78 is 12.0. The van der Waals surface area contributed by atoms with Crippen LogP contribution in [0.2, 0.25) is 0 Å². The molecule has 1 amide bonds. The molecule has 0 radical (unpaired) electrons. The fraction of sp³-hybridized carbons (Fsp3) is 0.368. The molecule has 29 heavy (non-hydrogen) atoms. The number of carbonyl (C=O) groups is 1. The molecule has 1 atom stereocenters. The number of nitrogens with zero attached hydrogens (tertiary/aromatic N) is 3. The molecule has 2 aromatic rings. The van der Waals surface area contributed by atoms with E-state index in [9.17, 15) is 14.7 Å². The predicted octanol–water partition coefficient (Wildman–Crippen LogP) is 2.25. The van der Waals surface area contributed by atoms with Gasteiger partial charge in [0.15, 0.2) is 16.3 Å². The molecule has 9 nitrogen and oxygen atoms in total. The van der Waals surface area contributed by atoms with Crippen molar-refractivity contribution in [2.45, 2.75) is 25.8 Å².